The van der Waals surface area contributed by atoms with Crippen molar-refractivity contribution in [2.75, 3.05) is 44.6 Å². The third kappa shape index (κ3) is 7.23. The van der Waals surface area contributed by atoms with Gasteiger partial charge in [0.15, 0.2) is 0 Å². The van der Waals surface area contributed by atoms with Crippen molar-refractivity contribution < 1.29 is 9.59 Å². The predicted octanol–water partition coefficient (Wildman–Crippen LogP) is 1.45. The number of amides is 2. The van der Waals surface area contributed by atoms with Gasteiger partial charge in [-0.25, -0.2) is 0 Å². The number of nitrogens with zero attached hydrogens (tertiary/aromatic N) is 1. The Kier molecular flexibility index (Phi) is 11.0. The zero-order valence-corrected chi connectivity index (χ0v) is 15.8. The monoisotopic (exact) mass is 396 g/mol. The van der Waals surface area contributed by atoms with Crippen molar-refractivity contribution in [3.8, 4) is 0 Å². The number of hydrogen-bond donors (Lipinski definition) is 3. The highest BCUT2D eigenvalue weighted by molar-refractivity contribution is 6.31. The Hall–Kier alpha value is -1.05. The number of carbonyl (C=O) groups excluding carboxylic acids is 2. The van der Waals surface area contributed by atoms with Crippen molar-refractivity contribution in [2.45, 2.75) is 6.92 Å². The van der Waals surface area contributed by atoms with Crippen molar-refractivity contribution in [3.63, 3.8) is 0 Å². The van der Waals surface area contributed by atoms with E-state index >= 15 is 0 Å². The lowest BCUT2D eigenvalue weighted by molar-refractivity contribution is -0.125. The Morgan fingerprint density at radius 2 is 1.88 bits per heavy atom. The van der Waals surface area contributed by atoms with Gasteiger partial charge in [-0.15, -0.1) is 24.8 Å². The summed E-state index contributed by atoms with van der Waals surface area (Å²) < 4.78 is 0. The van der Waals surface area contributed by atoms with Gasteiger partial charge < -0.3 is 16.0 Å². The van der Waals surface area contributed by atoms with E-state index in [1.807, 2.05) is 6.92 Å². The topological polar surface area (TPSA) is 73.5 Å². The lowest BCUT2D eigenvalue weighted by atomic mass is 10.2. The molecule has 2 rings (SSSR count). The Morgan fingerprint density at radius 1 is 1.21 bits per heavy atom. The van der Waals surface area contributed by atoms with Gasteiger partial charge in [-0.1, -0.05) is 17.7 Å². The summed E-state index contributed by atoms with van der Waals surface area (Å²) in [5.41, 5.74) is 1.47. The standard InChI is InChI=1S/C15H21ClN4O2.2ClH/c1-11-12(16)3-2-4-13(11)19-14(21)9-18-15(22)10-20-7-5-17-6-8-20;;/h2-4,17H,5-10H2,1H3,(H,18,22)(H,19,21);2*1H. The molecule has 2 amide bonds. The molecule has 0 aromatic heterocycles. The van der Waals surface area contributed by atoms with Crippen molar-refractivity contribution in [1.82, 2.24) is 15.5 Å². The van der Waals surface area contributed by atoms with Crippen LogP contribution in [0.2, 0.25) is 5.02 Å². The molecule has 1 aliphatic heterocycles. The molecule has 0 saturated carbocycles. The minimum Gasteiger partial charge on any atom is -0.346 e. The number of piperazine rings is 1. The van der Waals surface area contributed by atoms with Crippen LogP contribution >= 0.6 is 36.4 Å². The van der Waals surface area contributed by atoms with Crippen LogP contribution in [0.25, 0.3) is 0 Å². The maximum atomic E-state index is 11.9. The van der Waals surface area contributed by atoms with Crippen LogP contribution in [0, 0.1) is 6.92 Å². The van der Waals surface area contributed by atoms with Crippen LogP contribution in [-0.2, 0) is 9.59 Å². The van der Waals surface area contributed by atoms with E-state index in [1.54, 1.807) is 18.2 Å². The molecule has 136 valence electrons. The van der Waals surface area contributed by atoms with Crippen LogP contribution in [-0.4, -0.2) is 56.0 Å². The number of rotatable bonds is 5. The normalized spacial score (nSPS) is 14.1. The first kappa shape index (κ1) is 22.9. The van der Waals surface area contributed by atoms with Crippen LogP contribution in [0.5, 0.6) is 0 Å². The third-order valence-electron chi connectivity index (χ3n) is 3.56. The first-order valence-corrected chi connectivity index (χ1v) is 7.69. The number of halogens is 3. The second kappa shape index (κ2) is 11.5. The first-order valence-electron chi connectivity index (χ1n) is 7.31. The highest BCUT2D eigenvalue weighted by atomic mass is 35.5. The van der Waals surface area contributed by atoms with Gasteiger partial charge in [0.2, 0.25) is 11.8 Å². The second-order valence-corrected chi connectivity index (χ2v) is 5.67. The van der Waals surface area contributed by atoms with E-state index in [0.717, 1.165) is 31.7 Å². The Balaban J connectivity index is 0.00000264. The van der Waals surface area contributed by atoms with Gasteiger partial charge in [-0.3, -0.25) is 14.5 Å². The van der Waals surface area contributed by atoms with Gasteiger partial charge in [0.25, 0.3) is 0 Å². The highest BCUT2D eigenvalue weighted by Gasteiger charge is 2.14. The molecule has 0 unspecified atom stereocenters. The minimum atomic E-state index is -0.265. The molecule has 24 heavy (non-hydrogen) atoms. The molecule has 3 N–H and O–H groups in total. The highest BCUT2D eigenvalue weighted by Crippen LogP contribution is 2.22. The van der Waals surface area contributed by atoms with Gasteiger partial charge in [-0.05, 0) is 24.6 Å². The number of benzene rings is 1. The van der Waals surface area contributed by atoms with E-state index in [9.17, 15) is 9.59 Å². The fraction of sp³-hybridized carbons (Fsp3) is 0.467. The Labute approximate surface area is 159 Å². The lowest BCUT2D eigenvalue weighted by Gasteiger charge is -2.26. The molecule has 0 bridgehead atoms. The Morgan fingerprint density at radius 3 is 2.54 bits per heavy atom. The molecule has 6 nitrogen and oxygen atoms in total. The molecule has 0 aliphatic carbocycles. The maximum absolute atomic E-state index is 11.9. The molecule has 0 radical (unpaired) electrons. The molecular formula is C15H23Cl3N4O2. The van der Waals surface area contributed by atoms with Crippen LogP contribution in [0.1, 0.15) is 5.56 Å². The first-order chi connectivity index (χ1) is 10.6. The second-order valence-electron chi connectivity index (χ2n) is 5.26. The molecule has 0 spiro atoms. The average molecular weight is 398 g/mol. The Bertz CT molecular complexity index is 552. The predicted molar refractivity (Wildman–Crippen MR) is 102 cm³/mol. The summed E-state index contributed by atoms with van der Waals surface area (Å²) in [6.45, 7) is 5.59. The third-order valence-corrected chi connectivity index (χ3v) is 3.97. The quantitative estimate of drug-likeness (QED) is 0.703. The zero-order chi connectivity index (χ0) is 15.9. The van der Waals surface area contributed by atoms with Gasteiger partial charge in [0.05, 0.1) is 13.1 Å². The summed E-state index contributed by atoms with van der Waals surface area (Å²) in [5, 5.41) is 9.21. The summed E-state index contributed by atoms with van der Waals surface area (Å²) in [6.07, 6.45) is 0. The smallest absolute Gasteiger partial charge is 0.243 e. The number of hydrogen-bond acceptors (Lipinski definition) is 4. The van der Waals surface area contributed by atoms with Gasteiger partial charge in [0.1, 0.15) is 0 Å². The molecule has 9 heteroatoms. The minimum absolute atomic E-state index is 0. The van der Waals surface area contributed by atoms with Gasteiger partial charge >= 0.3 is 0 Å². The molecule has 1 aliphatic rings. The van der Waals surface area contributed by atoms with Crippen LogP contribution in [0.3, 0.4) is 0 Å². The van der Waals surface area contributed by atoms with Crippen molar-refractivity contribution in [1.29, 1.82) is 0 Å². The van der Waals surface area contributed by atoms with E-state index in [2.05, 4.69) is 20.9 Å². The van der Waals surface area contributed by atoms with Crippen molar-refractivity contribution in [2.24, 2.45) is 0 Å². The largest absolute Gasteiger partial charge is 0.346 e. The van der Waals surface area contributed by atoms with Crippen LogP contribution in [0.15, 0.2) is 18.2 Å². The zero-order valence-electron chi connectivity index (χ0n) is 13.4. The molecule has 1 aromatic rings. The van der Waals surface area contributed by atoms with Crippen LogP contribution < -0.4 is 16.0 Å². The number of anilines is 1. The summed E-state index contributed by atoms with van der Waals surface area (Å²) in [5.74, 6) is -0.404. The lowest BCUT2D eigenvalue weighted by Crippen LogP contribution is -2.48. The molecule has 1 aromatic carbocycles. The fourth-order valence-electron chi connectivity index (χ4n) is 2.24. The van der Waals surface area contributed by atoms with E-state index in [1.165, 1.54) is 0 Å². The molecule has 1 fully saturated rings. The van der Waals surface area contributed by atoms with E-state index < -0.39 is 0 Å². The number of nitrogens with one attached hydrogen (secondary N) is 3. The van der Waals surface area contributed by atoms with Crippen molar-refractivity contribution in [3.05, 3.63) is 28.8 Å². The van der Waals surface area contributed by atoms with Crippen LogP contribution in [0.4, 0.5) is 5.69 Å². The molecular weight excluding hydrogens is 375 g/mol. The van der Waals surface area contributed by atoms with E-state index in [-0.39, 0.29) is 43.2 Å². The summed E-state index contributed by atoms with van der Waals surface area (Å²) in [7, 11) is 0. The maximum Gasteiger partial charge on any atom is 0.243 e. The summed E-state index contributed by atoms with van der Waals surface area (Å²) >= 11 is 6.00. The summed E-state index contributed by atoms with van der Waals surface area (Å²) in [6, 6.07) is 5.32. The molecule has 1 saturated heterocycles. The van der Waals surface area contributed by atoms with Crippen molar-refractivity contribution >= 4 is 53.9 Å². The fourth-order valence-corrected chi connectivity index (χ4v) is 2.42. The summed E-state index contributed by atoms with van der Waals surface area (Å²) in [4.78, 5) is 25.8. The van der Waals surface area contributed by atoms with Gasteiger partial charge in [0, 0.05) is 36.9 Å². The van der Waals surface area contributed by atoms with E-state index in [0.29, 0.717) is 17.3 Å². The number of carbonyl (C=O) groups is 2. The molecule has 1 heterocycles. The average Bonchev–Trinajstić information content (AvgIpc) is 2.51. The molecule has 0 atom stereocenters. The van der Waals surface area contributed by atoms with Gasteiger partial charge in [-0.2, -0.15) is 0 Å². The SMILES string of the molecule is Cc1c(Cl)cccc1NC(=O)CNC(=O)CN1CCNCC1.Cl.Cl. The van der Waals surface area contributed by atoms with E-state index in [4.69, 9.17) is 11.6 Å².